The Bertz CT molecular complexity index is 406. The third-order valence-corrected chi connectivity index (χ3v) is 3.42. The van der Waals surface area contributed by atoms with Gasteiger partial charge in [-0.05, 0) is 37.1 Å². The lowest BCUT2D eigenvalue weighted by molar-refractivity contribution is 0.275. The fourth-order valence-corrected chi connectivity index (χ4v) is 1.94. The molecular weight excluding hydrogens is 236 g/mol. The summed E-state index contributed by atoms with van der Waals surface area (Å²) in [6.45, 7) is 6.01. The average Bonchev–Trinajstić information content (AvgIpc) is 2.42. The van der Waals surface area contributed by atoms with Gasteiger partial charge in [-0.3, -0.25) is 0 Å². The first-order chi connectivity index (χ1) is 9.06. The highest BCUT2D eigenvalue weighted by Crippen LogP contribution is 2.13. The molecule has 0 N–H and O–H groups in total. The van der Waals surface area contributed by atoms with Crippen LogP contribution in [0.4, 0.5) is 0 Å². The van der Waals surface area contributed by atoms with Gasteiger partial charge in [0.05, 0.1) is 19.1 Å². The quantitative estimate of drug-likeness (QED) is 0.756. The number of methoxy groups -OCH3 is 1. The van der Waals surface area contributed by atoms with E-state index in [4.69, 9.17) is 10.00 Å². The highest BCUT2D eigenvalue weighted by molar-refractivity contribution is 5.27. The van der Waals surface area contributed by atoms with Crippen molar-refractivity contribution in [2.75, 3.05) is 27.2 Å². The highest BCUT2D eigenvalue weighted by atomic mass is 16.5. The first kappa shape index (κ1) is 15.5. The Morgan fingerprint density at radius 2 is 1.89 bits per heavy atom. The van der Waals surface area contributed by atoms with E-state index in [0.717, 1.165) is 25.3 Å². The minimum atomic E-state index is 0.112. The average molecular weight is 260 g/mol. The van der Waals surface area contributed by atoms with Gasteiger partial charge < -0.3 is 9.64 Å². The van der Waals surface area contributed by atoms with Crippen LogP contribution < -0.4 is 4.74 Å². The van der Waals surface area contributed by atoms with Crippen molar-refractivity contribution in [2.45, 2.75) is 20.3 Å². The number of benzene rings is 1. The van der Waals surface area contributed by atoms with E-state index in [9.17, 15) is 0 Å². The maximum atomic E-state index is 9.10. The van der Waals surface area contributed by atoms with E-state index in [0.29, 0.717) is 5.92 Å². The van der Waals surface area contributed by atoms with E-state index >= 15 is 0 Å². The van der Waals surface area contributed by atoms with Crippen LogP contribution in [0, 0.1) is 23.2 Å². The van der Waals surface area contributed by atoms with Crippen LogP contribution in [0.3, 0.4) is 0 Å². The first-order valence-corrected chi connectivity index (χ1v) is 6.78. The monoisotopic (exact) mass is 260 g/mol. The molecule has 0 fully saturated rings. The molecule has 0 heterocycles. The number of ether oxygens (including phenoxy) is 1. The summed E-state index contributed by atoms with van der Waals surface area (Å²) in [4.78, 5) is 2.23. The van der Waals surface area contributed by atoms with Crippen molar-refractivity contribution < 1.29 is 4.74 Å². The second-order valence-electron chi connectivity index (χ2n) is 5.34. The maximum absolute atomic E-state index is 9.10. The Morgan fingerprint density at radius 3 is 2.37 bits per heavy atom. The summed E-state index contributed by atoms with van der Waals surface area (Å²) < 4.78 is 5.14. The van der Waals surface area contributed by atoms with Gasteiger partial charge in [0.25, 0.3) is 0 Å². The second-order valence-corrected chi connectivity index (χ2v) is 5.34. The molecule has 0 amide bonds. The molecule has 3 heteroatoms. The molecule has 0 bridgehead atoms. The van der Waals surface area contributed by atoms with Crippen molar-refractivity contribution in [3.05, 3.63) is 29.8 Å². The summed E-state index contributed by atoms with van der Waals surface area (Å²) >= 11 is 0. The topological polar surface area (TPSA) is 36.3 Å². The van der Waals surface area contributed by atoms with Crippen molar-refractivity contribution >= 4 is 0 Å². The molecule has 0 radical (unpaired) electrons. The lowest BCUT2D eigenvalue weighted by atomic mass is 9.97. The molecule has 0 aliphatic carbocycles. The molecule has 3 nitrogen and oxygen atoms in total. The Labute approximate surface area is 116 Å². The summed E-state index contributed by atoms with van der Waals surface area (Å²) in [6, 6.07) is 10.6. The lowest BCUT2D eigenvalue weighted by Crippen LogP contribution is -2.29. The number of nitrogens with zero attached hydrogens (tertiary/aromatic N) is 2. The van der Waals surface area contributed by atoms with Crippen LogP contribution >= 0.6 is 0 Å². The van der Waals surface area contributed by atoms with E-state index in [2.05, 4.69) is 44.0 Å². The van der Waals surface area contributed by atoms with Crippen molar-refractivity contribution in [3.8, 4) is 11.8 Å². The van der Waals surface area contributed by atoms with E-state index < -0.39 is 0 Å². The van der Waals surface area contributed by atoms with Gasteiger partial charge in [-0.2, -0.15) is 5.26 Å². The third kappa shape index (κ3) is 5.32. The van der Waals surface area contributed by atoms with Crippen LogP contribution in [0.25, 0.3) is 0 Å². The van der Waals surface area contributed by atoms with Crippen LogP contribution in [-0.4, -0.2) is 32.1 Å². The zero-order valence-electron chi connectivity index (χ0n) is 12.4. The zero-order valence-corrected chi connectivity index (χ0v) is 12.4. The first-order valence-electron chi connectivity index (χ1n) is 6.78. The predicted octanol–water partition coefficient (Wildman–Crippen LogP) is 2.97. The van der Waals surface area contributed by atoms with Crippen LogP contribution in [0.1, 0.15) is 19.4 Å². The molecule has 19 heavy (non-hydrogen) atoms. The molecule has 1 rings (SSSR count). The van der Waals surface area contributed by atoms with Gasteiger partial charge in [-0.1, -0.05) is 26.0 Å². The van der Waals surface area contributed by atoms with E-state index in [1.54, 1.807) is 7.11 Å². The SMILES string of the molecule is COc1ccc(CCN(C)CC(C#N)C(C)C)cc1. The molecule has 1 aromatic rings. The van der Waals surface area contributed by atoms with Crippen molar-refractivity contribution in [3.63, 3.8) is 0 Å². The van der Waals surface area contributed by atoms with Gasteiger partial charge in [-0.15, -0.1) is 0 Å². The Kier molecular flexibility index (Phi) is 6.38. The molecule has 1 aromatic carbocycles. The van der Waals surface area contributed by atoms with Gasteiger partial charge in [0.2, 0.25) is 0 Å². The van der Waals surface area contributed by atoms with Crippen LogP contribution in [0.2, 0.25) is 0 Å². The zero-order chi connectivity index (χ0) is 14.3. The molecule has 0 saturated heterocycles. The van der Waals surface area contributed by atoms with Crippen molar-refractivity contribution in [1.82, 2.24) is 4.90 Å². The number of hydrogen-bond acceptors (Lipinski definition) is 3. The molecule has 1 atom stereocenters. The summed E-state index contributed by atoms with van der Waals surface area (Å²) in [5.41, 5.74) is 1.30. The van der Waals surface area contributed by atoms with Gasteiger partial charge in [0, 0.05) is 13.1 Å². The fourth-order valence-electron chi connectivity index (χ4n) is 1.94. The number of likely N-dealkylation sites (N-methyl/N-ethyl adjacent to an activating group) is 1. The minimum Gasteiger partial charge on any atom is -0.497 e. The van der Waals surface area contributed by atoms with Crippen molar-refractivity contribution in [1.29, 1.82) is 5.26 Å². The molecule has 1 unspecified atom stereocenters. The van der Waals surface area contributed by atoms with Gasteiger partial charge >= 0.3 is 0 Å². The van der Waals surface area contributed by atoms with E-state index in [-0.39, 0.29) is 5.92 Å². The van der Waals surface area contributed by atoms with Gasteiger partial charge in [-0.25, -0.2) is 0 Å². The number of hydrogen-bond donors (Lipinski definition) is 0. The molecule has 0 aliphatic rings. The van der Waals surface area contributed by atoms with Crippen molar-refractivity contribution in [2.24, 2.45) is 11.8 Å². The third-order valence-electron chi connectivity index (χ3n) is 3.42. The second kappa shape index (κ2) is 7.81. The standard InChI is InChI=1S/C16H24N2O/c1-13(2)15(11-17)12-18(3)10-9-14-5-7-16(19-4)8-6-14/h5-8,13,15H,9-10,12H2,1-4H3. The maximum Gasteiger partial charge on any atom is 0.118 e. The summed E-state index contributed by atoms with van der Waals surface area (Å²) in [7, 11) is 3.76. The summed E-state index contributed by atoms with van der Waals surface area (Å²) in [5, 5.41) is 9.10. The minimum absolute atomic E-state index is 0.112. The Morgan fingerprint density at radius 1 is 1.26 bits per heavy atom. The predicted molar refractivity (Wildman–Crippen MR) is 78.1 cm³/mol. The molecule has 0 spiro atoms. The largest absolute Gasteiger partial charge is 0.497 e. The smallest absolute Gasteiger partial charge is 0.118 e. The Balaban J connectivity index is 2.41. The van der Waals surface area contributed by atoms with E-state index in [1.165, 1.54) is 5.56 Å². The number of rotatable bonds is 7. The normalized spacial score (nSPS) is 12.5. The summed E-state index contributed by atoms with van der Waals surface area (Å²) in [5.74, 6) is 1.41. The Hall–Kier alpha value is -1.53. The van der Waals surface area contributed by atoms with E-state index in [1.807, 2.05) is 12.1 Å². The highest BCUT2D eigenvalue weighted by Gasteiger charge is 2.14. The van der Waals surface area contributed by atoms with Crippen LogP contribution in [0.5, 0.6) is 5.75 Å². The van der Waals surface area contributed by atoms with Gasteiger partial charge in [0.1, 0.15) is 5.75 Å². The lowest BCUT2D eigenvalue weighted by Gasteiger charge is -2.21. The molecular formula is C16H24N2O. The van der Waals surface area contributed by atoms with Crippen LogP contribution in [0.15, 0.2) is 24.3 Å². The fraction of sp³-hybridized carbons (Fsp3) is 0.562. The molecule has 0 aliphatic heterocycles. The molecule has 0 aromatic heterocycles. The van der Waals surface area contributed by atoms with Crippen LogP contribution in [-0.2, 0) is 6.42 Å². The molecule has 0 saturated carbocycles. The molecule has 104 valence electrons. The van der Waals surface area contributed by atoms with Gasteiger partial charge in [0.15, 0.2) is 0 Å². The number of nitriles is 1. The summed E-state index contributed by atoms with van der Waals surface area (Å²) in [6.07, 6.45) is 0.997.